The molecule has 11 rings (SSSR count). The van der Waals surface area contributed by atoms with Crippen LogP contribution in [-0.2, 0) is 5.41 Å². The maximum Gasteiger partial charge on any atom is 0.155 e. The number of hydrogen-bond acceptors (Lipinski definition) is 2. The molecular weight excluding hydrogens is 735 g/mol. The molecule has 0 aliphatic carbocycles. The van der Waals surface area contributed by atoms with E-state index < -0.39 is 14.2 Å². The molecule has 0 saturated heterocycles. The van der Waals surface area contributed by atoms with E-state index in [0.29, 0.717) is 0 Å². The Hall–Kier alpha value is -6.65. The topological polar surface area (TPSA) is 3.24 Å². The predicted octanol–water partition coefficient (Wildman–Crippen LogP) is 12.2. The van der Waals surface area contributed by atoms with Crippen LogP contribution in [0.5, 0.6) is 0 Å². The molecule has 2 aliphatic heterocycles. The fourth-order valence-corrected chi connectivity index (χ4v) is 13.6. The van der Waals surface area contributed by atoms with Crippen molar-refractivity contribution >= 4 is 53.2 Å². The molecule has 0 atom stereocenters. The molecular formula is C55H38NSSi. The standard InChI is InChI=1S/C55H38NSSi/c1-5-19-39(20-6-1)41-35-42(40-21-7-2-8-22-40)37-45(36-41)56(43-23-9-3-10-24-43)44-33-34-50-54(38-44)58(46-25-11-4-12-26-46)53-32-18-15-29-49(53)55(50)47-27-13-16-30-51(47)57-52-31-17-14-28-48(52)55/h1-38H. The summed E-state index contributed by atoms with van der Waals surface area (Å²) in [5.74, 6) is 0. The highest BCUT2D eigenvalue weighted by atomic mass is 32.2. The zero-order chi connectivity index (χ0) is 38.5. The van der Waals surface area contributed by atoms with Crippen molar-refractivity contribution in [2.75, 3.05) is 4.90 Å². The monoisotopic (exact) mass is 772 g/mol. The van der Waals surface area contributed by atoms with Crippen molar-refractivity contribution in [1.82, 2.24) is 0 Å². The molecule has 1 radical (unpaired) electrons. The van der Waals surface area contributed by atoms with Gasteiger partial charge in [0.05, 0.1) is 5.41 Å². The lowest BCUT2D eigenvalue weighted by Crippen LogP contribution is -2.62. The lowest BCUT2D eigenvalue weighted by Gasteiger charge is -2.48. The summed E-state index contributed by atoms with van der Waals surface area (Å²) in [7, 11) is -1.47. The van der Waals surface area contributed by atoms with E-state index >= 15 is 0 Å². The fraction of sp³-hybridized carbons (Fsp3) is 0.0182. The summed E-state index contributed by atoms with van der Waals surface area (Å²) in [6.45, 7) is 0. The number of nitrogens with zero attached hydrogens (tertiary/aromatic N) is 1. The average Bonchev–Trinajstić information content (AvgIpc) is 3.30. The molecule has 9 aromatic carbocycles. The second-order valence-corrected chi connectivity index (χ2v) is 18.5. The quantitative estimate of drug-likeness (QED) is 0.155. The maximum atomic E-state index is 2.55. The van der Waals surface area contributed by atoms with Gasteiger partial charge in [-0.15, -0.1) is 0 Å². The first-order valence-electron chi connectivity index (χ1n) is 19.9. The molecule has 0 bridgehead atoms. The predicted molar refractivity (Wildman–Crippen MR) is 246 cm³/mol. The Morgan fingerprint density at radius 1 is 0.328 bits per heavy atom. The summed E-state index contributed by atoms with van der Waals surface area (Å²) in [5, 5.41) is 4.26. The van der Waals surface area contributed by atoms with Crippen molar-refractivity contribution in [3.63, 3.8) is 0 Å². The van der Waals surface area contributed by atoms with Crippen LogP contribution in [0, 0.1) is 0 Å². The van der Waals surface area contributed by atoms with Crippen LogP contribution in [0.2, 0.25) is 0 Å². The van der Waals surface area contributed by atoms with Crippen molar-refractivity contribution in [2.24, 2.45) is 0 Å². The number of fused-ring (bicyclic) bond motifs is 8. The molecule has 273 valence electrons. The van der Waals surface area contributed by atoms with Crippen molar-refractivity contribution in [3.05, 3.63) is 253 Å². The van der Waals surface area contributed by atoms with Gasteiger partial charge < -0.3 is 4.90 Å². The van der Waals surface area contributed by atoms with Gasteiger partial charge in [0.2, 0.25) is 0 Å². The first kappa shape index (κ1) is 34.6. The molecule has 0 N–H and O–H groups in total. The number of benzene rings is 9. The first-order valence-corrected chi connectivity index (χ1v) is 22.2. The highest BCUT2D eigenvalue weighted by molar-refractivity contribution is 7.99. The summed E-state index contributed by atoms with van der Waals surface area (Å²) in [6.07, 6.45) is 0. The Labute approximate surface area is 346 Å². The molecule has 58 heavy (non-hydrogen) atoms. The first-order chi connectivity index (χ1) is 28.8. The fourth-order valence-electron chi connectivity index (χ4n) is 9.37. The lowest BCUT2D eigenvalue weighted by atomic mass is 9.64. The van der Waals surface area contributed by atoms with Crippen molar-refractivity contribution < 1.29 is 0 Å². The average molecular weight is 773 g/mol. The van der Waals surface area contributed by atoms with Gasteiger partial charge in [0.25, 0.3) is 0 Å². The van der Waals surface area contributed by atoms with Crippen LogP contribution in [-0.4, -0.2) is 8.80 Å². The normalized spacial score (nSPS) is 13.5. The zero-order valence-electron chi connectivity index (χ0n) is 31.8. The molecule has 0 fully saturated rings. The van der Waals surface area contributed by atoms with E-state index in [2.05, 4.69) is 235 Å². The van der Waals surface area contributed by atoms with Crippen LogP contribution in [0.1, 0.15) is 22.3 Å². The second-order valence-electron chi connectivity index (χ2n) is 15.0. The number of rotatable bonds is 6. The largest absolute Gasteiger partial charge is 0.310 e. The smallest absolute Gasteiger partial charge is 0.155 e. The summed E-state index contributed by atoms with van der Waals surface area (Å²) in [4.78, 5) is 5.10. The molecule has 3 heteroatoms. The van der Waals surface area contributed by atoms with Crippen molar-refractivity contribution in [3.8, 4) is 22.3 Å². The Morgan fingerprint density at radius 2 is 0.810 bits per heavy atom. The van der Waals surface area contributed by atoms with Crippen molar-refractivity contribution in [2.45, 2.75) is 15.2 Å². The van der Waals surface area contributed by atoms with E-state index in [0.717, 1.165) is 17.1 Å². The zero-order valence-corrected chi connectivity index (χ0v) is 33.6. The second kappa shape index (κ2) is 14.4. The van der Waals surface area contributed by atoms with Gasteiger partial charge in [0.1, 0.15) is 0 Å². The highest BCUT2D eigenvalue weighted by Crippen LogP contribution is 2.56. The van der Waals surface area contributed by atoms with Gasteiger partial charge in [-0.1, -0.05) is 193 Å². The van der Waals surface area contributed by atoms with E-state index in [-0.39, 0.29) is 0 Å². The van der Waals surface area contributed by atoms with Gasteiger partial charge in [0, 0.05) is 26.9 Å². The molecule has 2 aliphatic rings. The summed E-state index contributed by atoms with van der Waals surface area (Å²) >= 11 is 1.90. The Kier molecular flexibility index (Phi) is 8.57. The molecule has 0 unspecified atom stereocenters. The summed E-state index contributed by atoms with van der Waals surface area (Å²) in [5.41, 5.74) is 13.2. The van der Waals surface area contributed by atoms with Gasteiger partial charge in [-0.25, -0.2) is 0 Å². The van der Waals surface area contributed by atoms with Crippen LogP contribution in [0.15, 0.2) is 240 Å². The van der Waals surface area contributed by atoms with Gasteiger partial charge in [0.15, 0.2) is 8.80 Å². The molecule has 0 amide bonds. The third-order valence-electron chi connectivity index (χ3n) is 11.8. The Morgan fingerprint density at radius 3 is 1.41 bits per heavy atom. The van der Waals surface area contributed by atoms with Crippen LogP contribution in [0.4, 0.5) is 17.1 Å². The van der Waals surface area contributed by atoms with E-state index in [1.165, 1.54) is 69.9 Å². The van der Waals surface area contributed by atoms with Gasteiger partial charge in [-0.3, -0.25) is 0 Å². The molecule has 1 spiro atoms. The van der Waals surface area contributed by atoms with Gasteiger partial charge >= 0.3 is 0 Å². The minimum Gasteiger partial charge on any atom is -0.310 e. The highest BCUT2D eigenvalue weighted by Gasteiger charge is 2.51. The molecule has 2 heterocycles. The van der Waals surface area contributed by atoms with Gasteiger partial charge in [-0.05, 0) is 109 Å². The minimum atomic E-state index is -1.47. The van der Waals surface area contributed by atoms with Crippen LogP contribution in [0.25, 0.3) is 22.3 Å². The summed E-state index contributed by atoms with van der Waals surface area (Å²) in [6, 6.07) is 85.7. The van der Waals surface area contributed by atoms with E-state index in [1.54, 1.807) is 0 Å². The van der Waals surface area contributed by atoms with E-state index in [9.17, 15) is 0 Å². The summed E-state index contributed by atoms with van der Waals surface area (Å²) < 4.78 is 0. The molecule has 0 saturated carbocycles. The number of anilines is 3. The van der Waals surface area contributed by atoms with Gasteiger partial charge in [-0.2, -0.15) is 0 Å². The van der Waals surface area contributed by atoms with Crippen LogP contribution >= 0.6 is 11.8 Å². The van der Waals surface area contributed by atoms with Crippen LogP contribution < -0.4 is 20.5 Å². The number of hydrogen-bond donors (Lipinski definition) is 0. The molecule has 0 aromatic heterocycles. The van der Waals surface area contributed by atoms with E-state index in [1.807, 2.05) is 11.8 Å². The maximum absolute atomic E-state index is 2.55. The molecule has 1 nitrogen and oxygen atoms in total. The SMILES string of the molecule is c1ccc(-c2cc(-c3ccccc3)cc(N(c3ccccc3)c3ccc4c(c3)[Si](c3ccccc3)c3ccccc3C43c4ccccc4Sc4ccccc43)c2)cc1. The van der Waals surface area contributed by atoms with E-state index in [4.69, 9.17) is 0 Å². The molecule has 9 aromatic rings. The minimum absolute atomic E-state index is 0.475. The Bertz CT molecular complexity index is 2830. The van der Waals surface area contributed by atoms with Crippen LogP contribution in [0.3, 0.4) is 0 Å². The third-order valence-corrected chi connectivity index (χ3v) is 15.8. The van der Waals surface area contributed by atoms with Crippen molar-refractivity contribution in [1.29, 1.82) is 0 Å². The Balaban J connectivity index is 1.22. The third kappa shape index (κ3) is 5.61. The number of para-hydroxylation sites is 1. The lowest BCUT2D eigenvalue weighted by molar-refractivity contribution is 0.708.